The van der Waals surface area contributed by atoms with Gasteiger partial charge in [0.25, 0.3) is 5.91 Å². The highest BCUT2D eigenvalue weighted by Gasteiger charge is 2.19. The minimum absolute atomic E-state index is 0. The van der Waals surface area contributed by atoms with Gasteiger partial charge in [-0.15, -0.1) is 17.5 Å². The molecule has 1 aliphatic heterocycles. The van der Waals surface area contributed by atoms with Crippen molar-refractivity contribution in [2.75, 3.05) is 26.7 Å². The first-order valence-corrected chi connectivity index (χ1v) is 8.36. The predicted octanol–water partition coefficient (Wildman–Crippen LogP) is 1.88. The molecule has 0 bridgehead atoms. The van der Waals surface area contributed by atoms with Crippen LogP contribution in [0.25, 0.3) is 0 Å². The molecule has 1 unspecified atom stereocenters. The number of piperidine rings is 1. The standard InChI is InChI=1S/C17H22FN5O2.ClH/c1-25-16(12-2-4-13(18)5-3-12)10-20-17(24)15-11-23(22-21-15)14-6-8-19-9-7-14;/h2-5,11,14,16,19H,6-10H2,1H3,(H,20,24);1H. The van der Waals surface area contributed by atoms with Gasteiger partial charge in [0.05, 0.1) is 18.3 Å². The van der Waals surface area contributed by atoms with E-state index >= 15 is 0 Å². The van der Waals surface area contributed by atoms with Crippen LogP contribution in [0.1, 0.15) is 41.0 Å². The topological polar surface area (TPSA) is 81.1 Å². The highest BCUT2D eigenvalue weighted by molar-refractivity contribution is 5.91. The SMILES string of the molecule is COC(CNC(=O)c1cn(C2CCNCC2)nn1)c1ccc(F)cc1.Cl. The van der Waals surface area contributed by atoms with Gasteiger partial charge in [-0.2, -0.15) is 0 Å². The molecular formula is C17H23ClFN5O2. The lowest BCUT2D eigenvalue weighted by molar-refractivity contribution is 0.0824. The number of carbonyl (C=O) groups excluding carboxylic acids is 1. The number of ether oxygens (including phenoxy) is 1. The lowest BCUT2D eigenvalue weighted by Gasteiger charge is -2.22. The molecule has 7 nitrogen and oxygen atoms in total. The number of halogens is 2. The monoisotopic (exact) mass is 383 g/mol. The Kier molecular flexibility index (Phi) is 7.50. The van der Waals surface area contributed by atoms with Crippen molar-refractivity contribution in [3.05, 3.63) is 47.5 Å². The summed E-state index contributed by atoms with van der Waals surface area (Å²) in [4.78, 5) is 12.3. The Morgan fingerprint density at radius 1 is 1.38 bits per heavy atom. The molecule has 1 aromatic carbocycles. The average molecular weight is 384 g/mol. The van der Waals surface area contributed by atoms with Crippen molar-refractivity contribution in [1.82, 2.24) is 25.6 Å². The number of nitrogens with one attached hydrogen (secondary N) is 2. The second-order valence-corrected chi connectivity index (χ2v) is 6.05. The quantitative estimate of drug-likeness (QED) is 0.796. The molecule has 1 amide bonds. The van der Waals surface area contributed by atoms with Crippen LogP contribution in [0.4, 0.5) is 4.39 Å². The van der Waals surface area contributed by atoms with Crippen LogP contribution in [-0.4, -0.2) is 47.6 Å². The fourth-order valence-electron chi connectivity index (χ4n) is 2.92. The molecule has 1 atom stereocenters. The molecule has 0 saturated carbocycles. The first-order valence-electron chi connectivity index (χ1n) is 8.36. The second kappa shape index (κ2) is 9.61. The zero-order valence-electron chi connectivity index (χ0n) is 14.5. The van der Waals surface area contributed by atoms with Gasteiger partial charge < -0.3 is 15.4 Å². The van der Waals surface area contributed by atoms with Gasteiger partial charge >= 0.3 is 0 Å². The van der Waals surface area contributed by atoms with E-state index < -0.39 is 0 Å². The zero-order chi connectivity index (χ0) is 17.6. The van der Waals surface area contributed by atoms with Crippen LogP contribution >= 0.6 is 12.4 Å². The summed E-state index contributed by atoms with van der Waals surface area (Å²) >= 11 is 0. The Hall–Kier alpha value is -2.03. The summed E-state index contributed by atoms with van der Waals surface area (Å²) in [5, 5.41) is 14.1. The Morgan fingerprint density at radius 3 is 2.73 bits per heavy atom. The molecule has 26 heavy (non-hydrogen) atoms. The maximum atomic E-state index is 13.0. The molecule has 2 aromatic rings. The number of amides is 1. The molecule has 0 radical (unpaired) electrons. The van der Waals surface area contributed by atoms with Crippen LogP contribution in [-0.2, 0) is 4.74 Å². The molecule has 2 N–H and O–H groups in total. The van der Waals surface area contributed by atoms with Crippen molar-refractivity contribution in [2.45, 2.75) is 25.0 Å². The molecule has 2 heterocycles. The summed E-state index contributed by atoms with van der Waals surface area (Å²) in [5.74, 6) is -0.610. The summed E-state index contributed by atoms with van der Waals surface area (Å²) in [6, 6.07) is 6.30. The number of hydrogen-bond acceptors (Lipinski definition) is 5. The van der Waals surface area contributed by atoms with Crippen molar-refractivity contribution < 1.29 is 13.9 Å². The smallest absolute Gasteiger partial charge is 0.273 e. The summed E-state index contributed by atoms with van der Waals surface area (Å²) in [6.45, 7) is 2.15. The Balaban J connectivity index is 0.00000243. The number of methoxy groups -OCH3 is 1. The fraction of sp³-hybridized carbons (Fsp3) is 0.471. The van der Waals surface area contributed by atoms with Crippen molar-refractivity contribution in [1.29, 1.82) is 0 Å². The fourth-order valence-corrected chi connectivity index (χ4v) is 2.92. The van der Waals surface area contributed by atoms with E-state index in [2.05, 4.69) is 20.9 Å². The number of nitrogens with zero attached hydrogens (tertiary/aromatic N) is 3. The second-order valence-electron chi connectivity index (χ2n) is 6.05. The minimum Gasteiger partial charge on any atom is -0.375 e. The van der Waals surface area contributed by atoms with E-state index in [1.807, 2.05) is 0 Å². The molecule has 1 aliphatic rings. The van der Waals surface area contributed by atoms with Crippen molar-refractivity contribution in [2.24, 2.45) is 0 Å². The number of aromatic nitrogens is 3. The number of benzene rings is 1. The maximum absolute atomic E-state index is 13.0. The van der Waals surface area contributed by atoms with Gasteiger partial charge in [-0.3, -0.25) is 4.79 Å². The molecule has 3 rings (SSSR count). The largest absolute Gasteiger partial charge is 0.375 e. The Bertz CT molecular complexity index is 703. The molecule has 1 saturated heterocycles. The van der Waals surface area contributed by atoms with Crippen molar-refractivity contribution in [3.8, 4) is 0 Å². The van der Waals surface area contributed by atoms with Gasteiger partial charge in [-0.1, -0.05) is 17.3 Å². The van der Waals surface area contributed by atoms with Crippen LogP contribution < -0.4 is 10.6 Å². The summed E-state index contributed by atoms with van der Waals surface area (Å²) in [6.07, 6.45) is 3.27. The van der Waals surface area contributed by atoms with Gasteiger partial charge in [0.15, 0.2) is 5.69 Å². The van der Waals surface area contributed by atoms with Gasteiger partial charge in [0.2, 0.25) is 0 Å². The molecule has 1 aromatic heterocycles. The molecule has 9 heteroatoms. The predicted molar refractivity (Wildman–Crippen MR) is 96.9 cm³/mol. The van der Waals surface area contributed by atoms with E-state index in [1.165, 1.54) is 12.1 Å². The minimum atomic E-state index is -0.357. The first kappa shape index (κ1) is 20.3. The molecule has 0 spiro atoms. The highest BCUT2D eigenvalue weighted by atomic mass is 35.5. The Morgan fingerprint density at radius 2 is 2.08 bits per heavy atom. The van der Waals surface area contributed by atoms with E-state index in [4.69, 9.17) is 4.74 Å². The average Bonchev–Trinajstić information content (AvgIpc) is 3.14. The van der Waals surface area contributed by atoms with Gasteiger partial charge in [0, 0.05) is 13.7 Å². The third kappa shape index (κ3) is 5.00. The van der Waals surface area contributed by atoms with E-state index in [9.17, 15) is 9.18 Å². The van der Waals surface area contributed by atoms with Gasteiger partial charge in [-0.05, 0) is 43.6 Å². The number of rotatable bonds is 6. The summed E-state index contributed by atoms with van der Waals surface area (Å²) < 4.78 is 20.2. The molecule has 142 valence electrons. The third-order valence-corrected chi connectivity index (χ3v) is 4.40. The van der Waals surface area contributed by atoms with Crippen LogP contribution in [0, 0.1) is 5.82 Å². The zero-order valence-corrected chi connectivity index (χ0v) is 15.3. The van der Waals surface area contributed by atoms with E-state index in [1.54, 1.807) is 30.1 Å². The van der Waals surface area contributed by atoms with Gasteiger partial charge in [0.1, 0.15) is 5.82 Å². The molecule has 0 aliphatic carbocycles. The maximum Gasteiger partial charge on any atom is 0.273 e. The van der Waals surface area contributed by atoms with Crippen LogP contribution in [0.3, 0.4) is 0 Å². The molecular weight excluding hydrogens is 361 g/mol. The lowest BCUT2D eigenvalue weighted by Crippen LogP contribution is -2.30. The third-order valence-electron chi connectivity index (χ3n) is 4.40. The first-order chi connectivity index (χ1) is 12.2. The van der Waals surface area contributed by atoms with E-state index in [0.29, 0.717) is 0 Å². The van der Waals surface area contributed by atoms with Crippen molar-refractivity contribution >= 4 is 18.3 Å². The lowest BCUT2D eigenvalue weighted by atomic mass is 10.1. The summed E-state index contributed by atoms with van der Waals surface area (Å²) in [5.41, 5.74) is 1.08. The van der Waals surface area contributed by atoms with E-state index in [-0.39, 0.29) is 48.5 Å². The number of carbonyl (C=O) groups is 1. The van der Waals surface area contributed by atoms with Crippen molar-refractivity contribution in [3.63, 3.8) is 0 Å². The van der Waals surface area contributed by atoms with Gasteiger partial charge in [-0.25, -0.2) is 9.07 Å². The van der Waals surface area contributed by atoms with Crippen LogP contribution in [0.15, 0.2) is 30.5 Å². The summed E-state index contributed by atoms with van der Waals surface area (Å²) in [7, 11) is 1.55. The number of hydrogen-bond donors (Lipinski definition) is 2. The normalized spacial score (nSPS) is 15.9. The molecule has 1 fully saturated rings. The van der Waals surface area contributed by atoms with Crippen LogP contribution in [0.2, 0.25) is 0 Å². The highest BCUT2D eigenvalue weighted by Crippen LogP contribution is 2.18. The Labute approximate surface area is 157 Å². The van der Waals surface area contributed by atoms with E-state index in [0.717, 1.165) is 31.5 Å². The van der Waals surface area contributed by atoms with Crippen LogP contribution in [0.5, 0.6) is 0 Å².